The van der Waals surface area contributed by atoms with Gasteiger partial charge in [-0.25, -0.2) is 9.59 Å². The summed E-state index contributed by atoms with van der Waals surface area (Å²) in [5, 5.41) is 10.6. The third-order valence-electron chi connectivity index (χ3n) is 4.73. The Labute approximate surface area is 172 Å². The van der Waals surface area contributed by atoms with Gasteiger partial charge in [0.1, 0.15) is 17.2 Å². The van der Waals surface area contributed by atoms with E-state index in [9.17, 15) is 22.8 Å². The third kappa shape index (κ3) is 3.50. The number of carboxylic acid groups (broad SMARTS) is 1. The van der Waals surface area contributed by atoms with Gasteiger partial charge in [-0.05, 0) is 33.8 Å². The number of carboxylic acids is 1. The molecule has 1 amide bonds. The Morgan fingerprint density at radius 2 is 1.63 bits per heavy atom. The van der Waals surface area contributed by atoms with Gasteiger partial charge in [0, 0.05) is 5.92 Å². The van der Waals surface area contributed by atoms with Crippen LogP contribution in [0.5, 0.6) is 0 Å². The second-order valence-electron chi connectivity index (χ2n) is 6.49. The molecule has 30 heavy (non-hydrogen) atoms. The summed E-state index contributed by atoms with van der Waals surface area (Å²) in [6, 6.07) is 15.3. The molecule has 2 N–H and O–H groups in total. The predicted molar refractivity (Wildman–Crippen MR) is 103 cm³/mol. The van der Waals surface area contributed by atoms with Gasteiger partial charge >= 0.3 is 18.2 Å². The van der Waals surface area contributed by atoms with Crippen LogP contribution >= 0.6 is 11.5 Å². The molecular weight excluding hydrogens is 421 g/mol. The van der Waals surface area contributed by atoms with Crippen molar-refractivity contribution in [1.82, 2.24) is 4.37 Å². The molecule has 0 unspecified atom stereocenters. The zero-order chi connectivity index (χ0) is 21.5. The van der Waals surface area contributed by atoms with Gasteiger partial charge < -0.3 is 9.84 Å². The van der Waals surface area contributed by atoms with Crippen LogP contribution < -0.4 is 5.32 Å². The van der Waals surface area contributed by atoms with E-state index in [4.69, 9.17) is 9.84 Å². The minimum absolute atomic E-state index is 0.0623. The van der Waals surface area contributed by atoms with E-state index in [-0.39, 0.29) is 24.1 Å². The van der Waals surface area contributed by atoms with Crippen LogP contribution in [0.2, 0.25) is 0 Å². The molecule has 154 valence electrons. The van der Waals surface area contributed by atoms with Crippen molar-refractivity contribution in [3.05, 3.63) is 70.9 Å². The molecule has 1 aromatic heterocycles. The molecule has 1 heterocycles. The van der Waals surface area contributed by atoms with Gasteiger partial charge in [-0.3, -0.25) is 5.32 Å². The first-order valence-electron chi connectivity index (χ1n) is 8.69. The monoisotopic (exact) mass is 434 g/mol. The number of carbonyl (C=O) groups excluding carboxylic acids is 1. The molecule has 4 rings (SSSR count). The molecule has 0 saturated heterocycles. The number of nitrogens with one attached hydrogen (secondary N) is 1. The average molecular weight is 434 g/mol. The van der Waals surface area contributed by atoms with Crippen LogP contribution in [-0.4, -0.2) is 28.1 Å². The number of fused-ring (bicyclic) bond motifs is 3. The molecule has 1 aliphatic carbocycles. The van der Waals surface area contributed by atoms with Crippen molar-refractivity contribution in [3.8, 4) is 11.1 Å². The van der Waals surface area contributed by atoms with Crippen LogP contribution in [0.3, 0.4) is 0 Å². The second-order valence-corrected chi connectivity index (χ2v) is 7.26. The number of rotatable bonds is 4. The standard InChI is InChI=1S/C20H13F3N2O4S/c21-20(22,23)16-15(18(26)27)17(30-25-16)24-19(28)29-9-14-12-7-3-1-5-10(12)11-6-2-4-8-13(11)14/h1-8,14H,9H2,(H,24,28)(H,26,27). The number of ether oxygens (including phenoxy) is 1. The SMILES string of the molecule is O=C(Nc1snc(C(F)(F)F)c1C(=O)O)OCC1c2ccccc2-c2ccccc21. The van der Waals surface area contributed by atoms with Crippen LogP contribution in [0.1, 0.15) is 33.1 Å². The summed E-state index contributed by atoms with van der Waals surface area (Å²) in [6.07, 6.45) is -6.01. The lowest BCUT2D eigenvalue weighted by Gasteiger charge is -2.14. The van der Waals surface area contributed by atoms with E-state index in [1.54, 1.807) is 0 Å². The number of hydrogen-bond acceptors (Lipinski definition) is 5. The maximum Gasteiger partial charge on any atom is 0.435 e. The largest absolute Gasteiger partial charge is 0.478 e. The van der Waals surface area contributed by atoms with E-state index in [1.807, 2.05) is 48.5 Å². The Hall–Kier alpha value is -3.40. The van der Waals surface area contributed by atoms with Crippen molar-refractivity contribution in [2.75, 3.05) is 11.9 Å². The summed E-state index contributed by atoms with van der Waals surface area (Å²) in [7, 11) is 0. The molecule has 0 spiro atoms. The Morgan fingerprint density at radius 1 is 1.07 bits per heavy atom. The summed E-state index contributed by atoms with van der Waals surface area (Å²) in [5.41, 5.74) is 1.31. The third-order valence-corrected chi connectivity index (χ3v) is 5.50. The molecule has 0 radical (unpaired) electrons. The number of hydrogen-bond donors (Lipinski definition) is 2. The summed E-state index contributed by atoms with van der Waals surface area (Å²) >= 11 is 0.232. The van der Waals surface area contributed by atoms with E-state index in [2.05, 4.69) is 9.69 Å². The van der Waals surface area contributed by atoms with Crippen molar-refractivity contribution in [2.24, 2.45) is 0 Å². The van der Waals surface area contributed by atoms with Crippen LogP contribution in [0.15, 0.2) is 48.5 Å². The molecule has 6 nitrogen and oxygen atoms in total. The van der Waals surface area contributed by atoms with Gasteiger partial charge in [-0.2, -0.15) is 17.5 Å². The minimum atomic E-state index is -4.95. The molecule has 3 aromatic rings. The molecule has 1 aliphatic rings. The zero-order valence-electron chi connectivity index (χ0n) is 15.1. The first-order valence-corrected chi connectivity index (χ1v) is 9.47. The Bertz CT molecular complexity index is 1100. The average Bonchev–Trinajstić information content (AvgIpc) is 3.26. The number of halogens is 3. The van der Waals surface area contributed by atoms with E-state index in [1.165, 1.54) is 0 Å². The van der Waals surface area contributed by atoms with Crippen LogP contribution in [0.4, 0.5) is 23.0 Å². The number of aromatic carboxylic acids is 1. The highest BCUT2D eigenvalue weighted by molar-refractivity contribution is 7.11. The Balaban J connectivity index is 1.52. The quantitative estimate of drug-likeness (QED) is 0.588. The maximum atomic E-state index is 12.9. The molecule has 0 aliphatic heterocycles. The Morgan fingerprint density at radius 3 is 2.17 bits per heavy atom. The lowest BCUT2D eigenvalue weighted by molar-refractivity contribution is -0.141. The molecular formula is C20H13F3N2O4S. The fourth-order valence-corrected chi connectivity index (χ4v) is 4.28. The topological polar surface area (TPSA) is 88.5 Å². The molecule has 2 aromatic carbocycles. The van der Waals surface area contributed by atoms with E-state index >= 15 is 0 Å². The number of alkyl halides is 3. The number of amides is 1. The van der Waals surface area contributed by atoms with E-state index in [0.29, 0.717) is 0 Å². The fraction of sp³-hybridized carbons (Fsp3) is 0.150. The summed E-state index contributed by atoms with van der Waals surface area (Å²) < 4.78 is 47.1. The number of anilines is 1. The minimum Gasteiger partial charge on any atom is -0.478 e. The van der Waals surface area contributed by atoms with Crippen molar-refractivity contribution in [2.45, 2.75) is 12.1 Å². The van der Waals surface area contributed by atoms with Gasteiger partial charge in [0.15, 0.2) is 5.69 Å². The van der Waals surface area contributed by atoms with Crippen molar-refractivity contribution >= 4 is 28.6 Å². The number of carbonyl (C=O) groups is 2. The smallest absolute Gasteiger partial charge is 0.435 e. The highest BCUT2D eigenvalue weighted by atomic mass is 32.1. The second kappa shape index (κ2) is 7.45. The summed E-state index contributed by atoms with van der Waals surface area (Å²) in [4.78, 5) is 23.4. The maximum absolute atomic E-state index is 12.9. The van der Waals surface area contributed by atoms with Gasteiger partial charge in [0.2, 0.25) is 0 Å². The first kappa shape index (κ1) is 19.9. The van der Waals surface area contributed by atoms with Gasteiger partial charge in [0.05, 0.1) is 0 Å². The summed E-state index contributed by atoms with van der Waals surface area (Å²) in [6.45, 7) is -0.0623. The van der Waals surface area contributed by atoms with Crippen molar-refractivity contribution < 1.29 is 32.6 Å². The number of nitrogens with zero attached hydrogens (tertiary/aromatic N) is 1. The van der Waals surface area contributed by atoms with E-state index in [0.717, 1.165) is 22.3 Å². The molecule has 0 fully saturated rings. The van der Waals surface area contributed by atoms with Crippen LogP contribution in [-0.2, 0) is 10.9 Å². The fourth-order valence-electron chi connectivity index (χ4n) is 3.49. The lowest BCUT2D eigenvalue weighted by atomic mass is 9.98. The lowest BCUT2D eigenvalue weighted by Crippen LogP contribution is -2.19. The van der Waals surface area contributed by atoms with Crippen molar-refractivity contribution in [3.63, 3.8) is 0 Å². The highest BCUT2D eigenvalue weighted by Crippen LogP contribution is 2.44. The normalized spacial score (nSPS) is 12.9. The predicted octanol–water partition coefficient (Wildman–Crippen LogP) is 5.22. The highest BCUT2D eigenvalue weighted by Gasteiger charge is 2.41. The van der Waals surface area contributed by atoms with Crippen LogP contribution in [0, 0.1) is 0 Å². The first-order chi connectivity index (χ1) is 14.3. The van der Waals surface area contributed by atoms with Crippen LogP contribution in [0.25, 0.3) is 11.1 Å². The van der Waals surface area contributed by atoms with E-state index < -0.39 is 34.5 Å². The van der Waals surface area contributed by atoms with Crippen molar-refractivity contribution in [1.29, 1.82) is 0 Å². The zero-order valence-corrected chi connectivity index (χ0v) is 15.9. The van der Waals surface area contributed by atoms with Gasteiger partial charge in [0.25, 0.3) is 0 Å². The van der Waals surface area contributed by atoms with Gasteiger partial charge in [-0.15, -0.1) is 0 Å². The molecule has 10 heteroatoms. The molecule has 0 atom stereocenters. The Kier molecular flexibility index (Phi) is 4.94. The number of benzene rings is 2. The molecule has 0 saturated carbocycles. The number of aromatic nitrogens is 1. The van der Waals surface area contributed by atoms with Gasteiger partial charge in [-0.1, -0.05) is 48.5 Å². The summed E-state index contributed by atoms with van der Waals surface area (Å²) in [5.74, 6) is -2.08. The molecule has 0 bridgehead atoms.